The molecule has 0 heterocycles. The number of benzene rings is 3. The molecule has 0 spiro atoms. The van der Waals surface area contributed by atoms with Crippen molar-refractivity contribution in [3.63, 3.8) is 0 Å². The molecule has 0 aliphatic heterocycles. The van der Waals surface area contributed by atoms with Gasteiger partial charge in [0.15, 0.2) is 17.5 Å². The molecule has 1 N–H and O–H groups in total. The van der Waals surface area contributed by atoms with Gasteiger partial charge < -0.3 is 5.11 Å². The predicted molar refractivity (Wildman–Crippen MR) is 128 cm³/mol. The molecule has 4 rings (SSSR count). The van der Waals surface area contributed by atoms with Gasteiger partial charge in [-0.1, -0.05) is 56.5 Å². The SMILES string of the molecule is CCCCC1CCC(c2ccc(-c3ccc(C(=O)O)c(F)c3-c3cc(F)c(F)c(F)c3)cc2)CC1. The van der Waals surface area contributed by atoms with Crippen LogP contribution in [0.15, 0.2) is 48.5 Å². The molecule has 6 heteroatoms. The second kappa shape index (κ2) is 10.6. The first kappa shape index (κ1) is 25.0. The maximum atomic E-state index is 15.3. The van der Waals surface area contributed by atoms with Gasteiger partial charge in [0, 0.05) is 5.56 Å². The summed E-state index contributed by atoms with van der Waals surface area (Å²) in [4.78, 5) is 11.5. The van der Waals surface area contributed by atoms with E-state index in [0.29, 0.717) is 23.6 Å². The number of carboxylic acid groups (broad SMARTS) is 1. The van der Waals surface area contributed by atoms with E-state index in [2.05, 4.69) is 6.92 Å². The number of rotatable bonds is 7. The van der Waals surface area contributed by atoms with E-state index in [9.17, 15) is 23.1 Å². The van der Waals surface area contributed by atoms with Crippen LogP contribution in [0.1, 0.15) is 73.7 Å². The molecule has 0 saturated heterocycles. The number of aromatic carboxylic acids is 1. The molecular weight excluding hydrogens is 456 g/mol. The van der Waals surface area contributed by atoms with Crippen molar-refractivity contribution in [2.45, 2.75) is 57.8 Å². The van der Waals surface area contributed by atoms with E-state index in [1.165, 1.54) is 43.7 Å². The minimum Gasteiger partial charge on any atom is -0.478 e. The average Bonchev–Trinajstić information content (AvgIpc) is 2.85. The molecule has 0 atom stereocenters. The molecule has 35 heavy (non-hydrogen) atoms. The molecule has 1 aliphatic carbocycles. The molecule has 0 aromatic heterocycles. The summed E-state index contributed by atoms with van der Waals surface area (Å²) in [5.41, 5.74) is 0.837. The summed E-state index contributed by atoms with van der Waals surface area (Å²) in [6.07, 6.45) is 8.43. The minimum absolute atomic E-state index is 0.271. The van der Waals surface area contributed by atoms with Crippen LogP contribution < -0.4 is 0 Å². The monoisotopic (exact) mass is 484 g/mol. The van der Waals surface area contributed by atoms with E-state index in [1.54, 1.807) is 0 Å². The summed E-state index contributed by atoms with van der Waals surface area (Å²) in [5.74, 6) is -6.02. The van der Waals surface area contributed by atoms with Crippen LogP contribution in [-0.2, 0) is 0 Å². The van der Waals surface area contributed by atoms with Crippen LogP contribution in [-0.4, -0.2) is 11.1 Å². The molecule has 1 fully saturated rings. The average molecular weight is 485 g/mol. The lowest BCUT2D eigenvalue weighted by molar-refractivity contribution is 0.0692. The lowest BCUT2D eigenvalue weighted by atomic mass is 9.77. The van der Waals surface area contributed by atoms with Gasteiger partial charge >= 0.3 is 5.97 Å². The Morgan fingerprint density at radius 1 is 0.857 bits per heavy atom. The number of carboxylic acids is 1. The van der Waals surface area contributed by atoms with Crippen LogP contribution in [0.4, 0.5) is 17.6 Å². The lowest BCUT2D eigenvalue weighted by Gasteiger charge is -2.29. The molecule has 0 radical (unpaired) electrons. The summed E-state index contributed by atoms with van der Waals surface area (Å²) in [5, 5.41) is 9.35. The quantitative estimate of drug-likeness (QED) is 0.269. The van der Waals surface area contributed by atoms with Crippen molar-refractivity contribution in [2.75, 3.05) is 0 Å². The molecule has 3 aromatic rings. The number of carbonyl (C=O) groups is 1. The fourth-order valence-electron chi connectivity index (χ4n) is 5.18. The minimum atomic E-state index is -1.67. The van der Waals surface area contributed by atoms with Crippen molar-refractivity contribution in [1.82, 2.24) is 0 Å². The van der Waals surface area contributed by atoms with Gasteiger partial charge in [0.25, 0.3) is 0 Å². The Morgan fingerprint density at radius 2 is 1.49 bits per heavy atom. The second-order valence-corrected chi connectivity index (χ2v) is 9.39. The van der Waals surface area contributed by atoms with Gasteiger partial charge in [-0.15, -0.1) is 0 Å². The summed E-state index contributed by atoms with van der Waals surface area (Å²) in [6.45, 7) is 2.21. The van der Waals surface area contributed by atoms with Crippen molar-refractivity contribution in [3.05, 3.63) is 82.9 Å². The van der Waals surface area contributed by atoms with E-state index in [-0.39, 0.29) is 16.7 Å². The molecule has 2 nitrogen and oxygen atoms in total. The predicted octanol–water partition coefficient (Wildman–Crippen LogP) is 8.74. The van der Waals surface area contributed by atoms with Gasteiger partial charge in [0.2, 0.25) is 0 Å². The van der Waals surface area contributed by atoms with E-state index in [0.717, 1.165) is 24.8 Å². The van der Waals surface area contributed by atoms with Gasteiger partial charge in [0.1, 0.15) is 5.82 Å². The Kier molecular flexibility index (Phi) is 7.58. The summed E-state index contributed by atoms with van der Waals surface area (Å²) in [6, 6.07) is 11.5. The van der Waals surface area contributed by atoms with E-state index in [1.807, 2.05) is 24.3 Å². The Balaban J connectivity index is 1.68. The number of unbranched alkanes of at least 4 members (excludes halogenated alkanes) is 1. The van der Waals surface area contributed by atoms with Crippen LogP contribution in [0.5, 0.6) is 0 Å². The summed E-state index contributed by atoms with van der Waals surface area (Å²) >= 11 is 0. The molecular formula is C29H28F4O2. The smallest absolute Gasteiger partial charge is 0.338 e. The molecule has 3 aromatic carbocycles. The Labute approximate surface area is 202 Å². The van der Waals surface area contributed by atoms with Crippen LogP contribution in [0.3, 0.4) is 0 Å². The first-order valence-electron chi connectivity index (χ1n) is 12.1. The van der Waals surface area contributed by atoms with Gasteiger partial charge in [-0.25, -0.2) is 22.4 Å². The Hall–Kier alpha value is -3.15. The highest BCUT2D eigenvalue weighted by molar-refractivity contribution is 5.94. The van der Waals surface area contributed by atoms with Crippen molar-refractivity contribution in [1.29, 1.82) is 0 Å². The Morgan fingerprint density at radius 3 is 2.06 bits per heavy atom. The first-order valence-corrected chi connectivity index (χ1v) is 12.1. The highest BCUT2D eigenvalue weighted by Gasteiger charge is 2.24. The van der Waals surface area contributed by atoms with Crippen molar-refractivity contribution in [3.8, 4) is 22.3 Å². The van der Waals surface area contributed by atoms with E-state index >= 15 is 4.39 Å². The maximum Gasteiger partial charge on any atom is 0.338 e. The molecule has 0 amide bonds. The summed E-state index contributed by atoms with van der Waals surface area (Å²) < 4.78 is 56.7. The van der Waals surface area contributed by atoms with Crippen LogP contribution >= 0.6 is 0 Å². The molecule has 0 bridgehead atoms. The number of hydrogen-bond acceptors (Lipinski definition) is 1. The van der Waals surface area contributed by atoms with E-state index in [4.69, 9.17) is 0 Å². The highest BCUT2D eigenvalue weighted by atomic mass is 19.2. The normalized spacial score (nSPS) is 18.0. The van der Waals surface area contributed by atoms with Crippen molar-refractivity contribution >= 4 is 5.97 Å². The van der Waals surface area contributed by atoms with Crippen LogP contribution in [0.25, 0.3) is 22.3 Å². The van der Waals surface area contributed by atoms with Crippen LogP contribution in [0, 0.1) is 29.2 Å². The van der Waals surface area contributed by atoms with Gasteiger partial charge in [-0.05, 0) is 78.0 Å². The molecule has 1 saturated carbocycles. The van der Waals surface area contributed by atoms with Gasteiger partial charge in [-0.3, -0.25) is 0 Å². The largest absolute Gasteiger partial charge is 0.478 e. The highest BCUT2D eigenvalue weighted by Crippen LogP contribution is 2.40. The zero-order valence-corrected chi connectivity index (χ0v) is 19.6. The number of hydrogen-bond donors (Lipinski definition) is 1. The maximum absolute atomic E-state index is 15.3. The van der Waals surface area contributed by atoms with Crippen molar-refractivity contribution in [2.24, 2.45) is 5.92 Å². The van der Waals surface area contributed by atoms with Crippen molar-refractivity contribution < 1.29 is 27.5 Å². The third kappa shape index (κ3) is 5.26. The number of halogens is 4. The summed E-state index contributed by atoms with van der Waals surface area (Å²) in [7, 11) is 0. The second-order valence-electron chi connectivity index (χ2n) is 9.39. The van der Waals surface area contributed by atoms with Gasteiger partial charge in [0.05, 0.1) is 5.56 Å². The fraction of sp³-hybridized carbons (Fsp3) is 0.345. The molecule has 0 unspecified atom stereocenters. The van der Waals surface area contributed by atoms with E-state index < -0.39 is 34.8 Å². The lowest BCUT2D eigenvalue weighted by Crippen LogP contribution is -2.13. The van der Waals surface area contributed by atoms with Gasteiger partial charge in [-0.2, -0.15) is 0 Å². The molecule has 1 aliphatic rings. The zero-order valence-electron chi connectivity index (χ0n) is 19.6. The van der Waals surface area contributed by atoms with Crippen LogP contribution in [0.2, 0.25) is 0 Å². The molecule has 184 valence electrons. The fourth-order valence-corrected chi connectivity index (χ4v) is 5.18. The third-order valence-corrected chi connectivity index (χ3v) is 7.15. The first-order chi connectivity index (χ1) is 16.8. The third-order valence-electron chi connectivity index (χ3n) is 7.15. The topological polar surface area (TPSA) is 37.3 Å². The standard InChI is InChI=1S/C29H28F4O2/c1-2-3-4-17-5-7-18(8-6-17)19-9-11-20(12-10-19)22-13-14-23(29(34)35)27(32)26(22)21-15-24(30)28(33)25(31)16-21/h9-18H,2-8H2,1H3,(H,34,35). The Bertz CT molecular complexity index is 1190. The zero-order chi connectivity index (χ0) is 25.1.